The van der Waals surface area contributed by atoms with Crippen molar-refractivity contribution < 1.29 is 23.4 Å². The number of benzene rings is 1. The molecule has 6 heteroatoms. The summed E-state index contributed by atoms with van der Waals surface area (Å²) in [4.78, 5) is 10.9. The molecule has 1 aromatic rings. The Bertz CT molecular complexity index is 396. The van der Waals surface area contributed by atoms with Crippen LogP contribution >= 0.6 is 0 Å². The first-order valence-corrected chi connectivity index (χ1v) is 5.90. The van der Waals surface area contributed by atoms with Gasteiger partial charge in [-0.2, -0.15) is 0 Å². The first-order valence-electron chi connectivity index (χ1n) is 5.90. The molecule has 0 aliphatic rings. The van der Waals surface area contributed by atoms with Crippen molar-refractivity contribution in [3.8, 4) is 0 Å². The molecular formula is C13H18FNO4. The number of amides is 1. The second-order valence-electron chi connectivity index (χ2n) is 3.93. The fourth-order valence-corrected chi connectivity index (χ4v) is 1.72. The van der Waals surface area contributed by atoms with E-state index in [-0.39, 0.29) is 12.6 Å². The Labute approximate surface area is 111 Å². The van der Waals surface area contributed by atoms with Crippen molar-refractivity contribution in [2.24, 2.45) is 5.73 Å². The summed E-state index contributed by atoms with van der Waals surface area (Å²) in [6, 6.07) is 5.77. The van der Waals surface area contributed by atoms with Gasteiger partial charge in [-0.05, 0) is 24.1 Å². The lowest BCUT2D eigenvalue weighted by Crippen LogP contribution is -2.30. The molecule has 0 aromatic heterocycles. The molecule has 0 fully saturated rings. The van der Waals surface area contributed by atoms with Gasteiger partial charge in [0.1, 0.15) is 24.8 Å². The van der Waals surface area contributed by atoms with Crippen LogP contribution < -0.4 is 5.73 Å². The smallest absolute Gasteiger partial charge is 0.404 e. The second-order valence-corrected chi connectivity index (χ2v) is 3.93. The minimum absolute atomic E-state index is 0.0284. The topological polar surface area (TPSA) is 70.8 Å². The molecular weight excluding hydrogens is 253 g/mol. The Hall–Kier alpha value is -1.66. The largest absolute Gasteiger partial charge is 0.443 e. The zero-order valence-electron chi connectivity index (χ0n) is 11.0. The summed E-state index contributed by atoms with van der Waals surface area (Å²) in [5.41, 5.74) is 5.72. The number of methoxy groups -OCH3 is 1. The number of halogens is 1. The van der Waals surface area contributed by atoms with E-state index in [0.29, 0.717) is 12.0 Å². The average molecular weight is 271 g/mol. The average Bonchev–Trinajstić information content (AvgIpc) is 2.39. The quantitative estimate of drug-likeness (QED) is 0.773. The molecule has 0 aliphatic carbocycles. The third-order valence-electron chi connectivity index (χ3n) is 2.57. The van der Waals surface area contributed by atoms with Crippen molar-refractivity contribution in [2.75, 3.05) is 13.9 Å². The zero-order valence-corrected chi connectivity index (χ0v) is 11.0. The van der Waals surface area contributed by atoms with Gasteiger partial charge in [0, 0.05) is 7.11 Å². The molecule has 0 bridgehead atoms. The molecule has 1 amide bonds. The summed E-state index contributed by atoms with van der Waals surface area (Å²) in [6.07, 6.45) is -1.48. The number of carbonyl (C=O) groups excluding carboxylic acids is 1. The molecule has 0 saturated carbocycles. The number of ether oxygens (including phenoxy) is 3. The van der Waals surface area contributed by atoms with E-state index in [1.807, 2.05) is 6.92 Å². The third-order valence-corrected chi connectivity index (χ3v) is 2.57. The van der Waals surface area contributed by atoms with Crippen LogP contribution in [-0.4, -0.2) is 26.1 Å². The molecule has 2 atom stereocenters. The van der Waals surface area contributed by atoms with E-state index < -0.39 is 18.3 Å². The van der Waals surface area contributed by atoms with Crippen LogP contribution in [0.25, 0.3) is 0 Å². The maximum Gasteiger partial charge on any atom is 0.404 e. The summed E-state index contributed by atoms with van der Waals surface area (Å²) in [6.45, 7) is 1.86. The van der Waals surface area contributed by atoms with Crippen molar-refractivity contribution in [1.82, 2.24) is 0 Å². The number of primary amides is 1. The van der Waals surface area contributed by atoms with Gasteiger partial charge in [-0.25, -0.2) is 9.18 Å². The number of nitrogens with two attached hydrogens (primary N) is 1. The summed E-state index contributed by atoms with van der Waals surface area (Å²) >= 11 is 0. The summed E-state index contributed by atoms with van der Waals surface area (Å²) in [7, 11) is 1.48. The van der Waals surface area contributed by atoms with Gasteiger partial charge >= 0.3 is 6.09 Å². The molecule has 0 saturated heterocycles. The molecule has 0 aliphatic heterocycles. The van der Waals surface area contributed by atoms with E-state index in [2.05, 4.69) is 0 Å². The molecule has 0 spiro atoms. The number of hydrogen-bond donors (Lipinski definition) is 1. The van der Waals surface area contributed by atoms with Crippen molar-refractivity contribution >= 4 is 6.09 Å². The van der Waals surface area contributed by atoms with Gasteiger partial charge in [0.25, 0.3) is 0 Å². The summed E-state index contributed by atoms with van der Waals surface area (Å²) in [5.74, 6) is -0.349. The van der Waals surface area contributed by atoms with Crippen LogP contribution in [0, 0.1) is 5.82 Å². The van der Waals surface area contributed by atoms with Crippen LogP contribution in [0.3, 0.4) is 0 Å². The van der Waals surface area contributed by atoms with Gasteiger partial charge in [-0.1, -0.05) is 19.1 Å². The van der Waals surface area contributed by atoms with Crippen LogP contribution in [0.4, 0.5) is 9.18 Å². The number of carbonyl (C=O) groups is 1. The van der Waals surface area contributed by atoms with Crippen LogP contribution in [0.1, 0.15) is 25.0 Å². The second kappa shape index (κ2) is 7.70. The molecule has 2 N–H and O–H groups in total. The first kappa shape index (κ1) is 15.4. The van der Waals surface area contributed by atoms with Gasteiger partial charge in [0.15, 0.2) is 0 Å². The Balaban J connectivity index is 2.91. The standard InChI is InChI=1S/C13H18FNO4/c1-3-11(19-13(15)16)12(18-8-17-2)9-4-6-10(14)7-5-9/h4-7,11-12H,3,8H2,1-2H3,(H2,15,16)/t11-,12-/m1/s1. The molecule has 5 nitrogen and oxygen atoms in total. The highest BCUT2D eigenvalue weighted by molar-refractivity contribution is 5.64. The fraction of sp³-hybridized carbons (Fsp3) is 0.462. The van der Waals surface area contributed by atoms with E-state index in [0.717, 1.165) is 0 Å². The van der Waals surface area contributed by atoms with Crippen molar-refractivity contribution in [1.29, 1.82) is 0 Å². The van der Waals surface area contributed by atoms with Crippen LogP contribution in [-0.2, 0) is 14.2 Å². The van der Waals surface area contributed by atoms with Gasteiger partial charge in [-0.3, -0.25) is 0 Å². The first-order chi connectivity index (χ1) is 9.08. The maximum absolute atomic E-state index is 12.9. The Kier molecular flexibility index (Phi) is 6.24. The zero-order chi connectivity index (χ0) is 14.3. The third kappa shape index (κ3) is 4.84. The van der Waals surface area contributed by atoms with E-state index >= 15 is 0 Å². The molecule has 0 radical (unpaired) electrons. The summed E-state index contributed by atoms with van der Waals surface area (Å²) in [5, 5.41) is 0. The van der Waals surface area contributed by atoms with E-state index in [4.69, 9.17) is 19.9 Å². The van der Waals surface area contributed by atoms with Crippen molar-refractivity contribution in [3.63, 3.8) is 0 Å². The molecule has 0 unspecified atom stereocenters. The van der Waals surface area contributed by atoms with Crippen molar-refractivity contribution in [2.45, 2.75) is 25.6 Å². The molecule has 0 heterocycles. The van der Waals surface area contributed by atoms with Crippen LogP contribution in [0.2, 0.25) is 0 Å². The van der Waals surface area contributed by atoms with Crippen LogP contribution in [0.15, 0.2) is 24.3 Å². The van der Waals surface area contributed by atoms with E-state index in [1.54, 1.807) is 12.1 Å². The Morgan fingerprint density at radius 3 is 2.47 bits per heavy atom. The molecule has 106 valence electrons. The summed E-state index contributed by atoms with van der Waals surface area (Å²) < 4.78 is 28.3. The van der Waals surface area contributed by atoms with Gasteiger partial charge in [0.2, 0.25) is 0 Å². The SMILES string of the molecule is CC[C@@H](OC(N)=O)[C@H](OCOC)c1ccc(F)cc1. The molecule has 1 aromatic carbocycles. The highest BCUT2D eigenvalue weighted by Crippen LogP contribution is 2.26. The minimum Gasteiger partial charge on any atom is -0.443 e. The lowest BCUT2D eigenvalue weighted by Gasteiger charge is -2.25. The van der Waals surface area contributed by atoms with Gasteiger partial charge < -0.3 is 19.9 Å². The number of rotatable bonds is 7. The normalized spacial score (nSPS) is 13.8. The monoisotopic (exact) mass is 271 g/mol. The van der Waals surface area contributed by atoms with E-state index in [1.165, 1.54) is 19.2 Å². The highest BCUT2D eigenvalue weighted by atomic mass is 19.1. The number of hydrogen-bond acceptors (Lipinski definition) is 4. The van der Waals surface area contributed by atoms with E-state index in [9.17, 15) is 9.18 Å². The van der Waals surface area contributed by atoms with Crippen molar-refractivity contribution in [3.05, 3.63) is 35.6 Å². The molecule has 1 rings (SSSR count). The van der Waals surface area contributed by atoms with Gasteiger partial charge in [-0.15, -0.1) is 0 Å². The fourth-order valence-electron chi connectivity index (χ4n) is 1.72. The Morgan fingerprint density at radius 1 is 1.37 bits per heavy atom. The maximum atomic E-state index is 12.9. The lowest BCUT2D eigenvalue weighted by molar-refractivity contribution is -0.116. The highest BCUT2D eigenvalue weighted by Gasteiger charge is 2.25. The predicted molar refractivity (Wildman–Crippen MR) is 66.8 cm³/mol. The lowest BCUT2D eigenvalue weighted by atomic mass is 10.0. The van der Waals surface area contributed by atoms with Crippen LogP contribution in [0.5, 0.6) is 0 Å². The van der Waals surface area contributed by atoms with Gasteiger partial charge in [0.05, 0.1) is 0 Å². The minimum atomic E-state index is -0.875. The Morgan fingerprint density at radius 2 is 2.00 bits per heavy atom. The predicted octanol–water partition coefficient (Wildman–Crippen LogP) is 2.36. The molecule has 19 heavy (non-hydrogen) atoms.